The van der Waals surface area contributed by atoms with Crippen LogP contribution >= 0.6 is 12.2 Å². The van der Waals surface area contributed by atoms with E-state index in [2.05, 4.69) is 32.8 Å². The molecule has 1 aromatic rings. The van der Waals surface area contributed by atoms with Gasteiger partial charge in [-0.25, -0.2) is 4.99 Å². The van der Waals surface area contributed by atoms with Crippen molar-refractivity contribution in [1.82, 2.24) is 25.8 Å². The fraction of sp³-hybridized carbons (Fsp3) is 0.471. The van der Waals surface area contributed by atoms with Gasteiger partial charge in [0.2, 0.25) is 0 Å². The first-order chi connectivity index (χ1) is 11.8. The molecule has 0 amide bonds. The Balaban J connectivity index is 1.57. The molecule has 3 heterocycles. The predicted molar refractivity (Wildman–Crippen MR) is 97.9 cm³/mol. The lowest BCUT2D eigenvalue weighted by Crippen LogP contribution is -2.54. The molecule has 1 atom stereocenters. The summed E-state index contributed by atoms with van der Waals surface area (Å²) in [7, 11) is 0. The molecule has 0 aromatic carbocycles. The maximum absolute atomic E-state index is 5.58. The van der Waals surface area contributed by atoms with Crippen molar-refractivity contribution in [3.05, 3.63) is 41.6 Å². The van der Waals surface area contributed by atoms with E-state index in [1.54, 1.807) is 0 Å². The molecule has 1 saturated carbocycles. The Hall–Kier alpha value is -2.15. The number of hydrogen-bond donors (Lipinski definition) is 3. The minimum atomic E-state index is -0.0192. The lowest BCUT2D eigenvalue weighted by atomic mass is 10.2. The van der Waals surface area contributed by atoms with Crippen LogP contribution in [0.5, 0.6) is 0 Å². The molecule has 126 valence electrons. The minimum Gasteiger partial charge on any atom is -0.366 e. The van der Waals surface area contributed by atoms with E-state index in [-0.39, 0.29) is 6.17 Å². The van der Waals surface area contributed by atoms with Crippen molar-refractivity contribution in [2.45, 2.75) is 38.9 Å². The van der Waals surface area contributed by atoms with Gasteiger partial charge in [-0.3, -0.25) is 4.98 Å². The number of rotatable bonds is 6. The maximum Gasteiger partial charge on any atom is 0.176 e. The zero-order valence-corrected chi connectivity index (χ0v) is 14.6. The first-order valence-electron chi connectivity index (χ1n) is 8.55. The standard InChI is InChI=1S/C17H22N6S/c1-2-9-23-16-13(20-14(21-16)12-3-4-12)15(22-17(23)24)19-10-11-5-7-18-8-6-11/h5-8,12,16,19H,2-4,9-10H2,1H3,(H,20,21)(H,22,24). The SMILES string of the molecule is CCCN1C(=S)NC(NCc2ccncc2)=C2NC(C3CC3)=NC21. The second kappa shape index (κ2) is 6.39. The second-order valence-corrected chi connectivity index (χ2v) is 6.80. The smallest absolute Gasteiger partial charge is 0.176 e. The van der Waals surface area contributed by atoms with Crippen molar-refractivity contribution in [3.63, 3.8) is 0 Å². The molecule has 2 aliphatic heterocycles. The van der Waals surface area contributed by atoms with Gasteiger partial charge in [0, 0.05) is 31.4 Å². The third-order valence-electron chi connectivity index (χ3n) is 4.49. The number of aliphatic imine (C=N–C) groups is 1. The average molecular weight is 342 g/mol. The topological polar surface area (TPSA) is 64.6 Å². The predicted octanol–water partition coefficient (Wildman–Crippen LogP) is 1.68. The highest BCUT2D eigenvalue weighted by atomic mass is 32.1. The van der Waals surface area contributed by atoms with Gasteiger partial charge < -0.3 is 20.9 Å². The van der Waals surface area contributed by atoms with Crippen LogP contribution in [0.2, 0.25) is 0 Å². The van der Waals surface area contributed by atoms with Crippen LogP contribution in [-0.2, 0) is 6.54 Å². The molecular formula is C17H22N6S. The summed E-state index contributed by atoms with van der Waals surface area (Å²) in [5.41, 5.74) is 2.27. The van der Waals surface area contributed by atoms with Gasteiger partial charge in [0.25, 0.3) is 0 Å². The van der Waals surface area contributed by atoms with Gasteiger partial charge in [0.1, 0.15) is 17.4 Å². The normalized spacial score (nSPS) is 22.7. The van der Waals surface area contributed by atoms with Gasteiger partial charge in [0.15, 0.2) is 11.3 Å². The fourth-order valence-corrected chi connectivity index (χ4v) is 3.36. The van der Waals surface area contributed by atoms with Crippen LogP contribution in [0.1, 0.15) is 31.7 Å². The number of fused-ring (bicyclic) bond motifs is 1. The second-order valence-electron chi connectivity index (χ2n) is 6.41. The Labute approximate surface area is 147 Å². The summed E-state index contributed by atoms with van der Waals surface area (Å²) >= 11 is 5.58. The molecule has 0 saturated heterocycles. The number of hydrogen-bond acceptors (Lipinski definition) is 5. The van der Waals surface area contributed by atoms with Crippen molar-refractivity contribution < 1.29 is 0 Å². The fourth-order valence-electron chi connectivity index (χ4n) is 3.06. The van der Waals surface area contributed by atoms with Gasteiger partial charge >= 0.3 is 0 Å². The molecule has 1 fully saturated rings. The first-order valence-corrected chi connectivity index (χ1v) is 8.96. The maximum atomic E-state index is 5.58. The van der Waals surface area contributed by atoms with Crippen LogP contribution < -0.4 is 16.0 Å². The largest absolute Gasteiger partial charge is 0.366 e. The molecule has 6 nitrogen and oxygen atoms in total. The van der Waals surface area contributed by atoms with E-state index in [1.165, 1.54) is 18.4 Å². The minimum absolute atomic E-state index is 0.0192. The molecule has 3 aliphatic rings. The third kappa shape index (κ3) is 2.96. The number of nitrogens with one attached hydrogen (secondary N) is 3. The number of amidine groups is 1. The molecule has 0 spiro atoms. The van der Waals surface area contributed by atoms with E-state index in [9.17, 15) is 0 Å². The van der Waals surface area contributed by atoms with E-state index < -0.39 is 0 Å². The van der Waals surface area contributed by atoms with E-state index in [0.29, 0.717) is 5.92 Å². The van der Waals surface area contributed by atoms with Crippen molar-refractivity contribution in [2.75, 3.05) is 6.54 Å². The number of thiocarbonyl (C=S) groups is 1. The Morgan fingerprint density at radius 1 is 1.29 bits per heavy atom. The number of aromatic nitrogens is 1. The summed E-state index contributed by atoms with van der Waals surface area (Å²) in [6.45, 7) is 3.79. The molecule has 3 N–H and O–H groups in total. The van der Waals surface area contributed by atoms with Crippen molar-refractivity contribution in [3.8, 4) is 0 Å². The van der Waals surface area contributed by atoms with Crippen molar-refractivity contribution >= 4 is 23.2 Å². The van der Waals surface area contributed by atoms with E-state index in [1.807, 2.05) is 24.5 Å². The zero-order valence-electron chi connectivity index (χ0n) is 13.7. The van der Waals surface area contributed by atoms with Gasteiger partial charge in [-0.15, -0.1) is 0 Å². The summed E-state index contributed by atoms with van der Waals surface area (Å²) < 4.78 is 0. The summed E-state index contributed by atoms with van der Waals surface area (Å²) in [6, 6.07) is 4.02. The quantitative estimate of drug-likeness (QED) is 0.684. The molecule has 7 heteroatoms. The van der Waals surface area contributed by atoms with Crippen LogP contribution in [0, 0.1) is 5.92 Å². The van der Waals surface area contributed by atoms with E-state index >= 15 is 0 Å². The Kier molecular flexibility index (Phi) is 4.10. The molecule has 1 aromatic heterocycles. The van der Waals surface area contributed by atoms with Crippen LogP contribution in [-0.4, -0.2) is 33.5 Å². The van der Waals surface area contributed by atoms with E-state index in [4.69, 9.17) is 17.2 Å². The first kappa shape index (κ1) is 15.4. The highest BCUT2D eigenvalue weighted by Crippen LogP contribution is 2.34. The highest BCUT2D eigenvalue weighted by molar-refractivity contribution is 7.80. The lowest BCUT2D eigenvalue weighted by Gasteiger charge is -2.36. The summed E-state index contributed by atoms with van der Waals surface area (Å²) in [5.74, 6) is 2.65. The molecular weight excluding hydrogens is 320 g/mol. The molecule has 0 radical (unpaired) electrons. The molecule has 0 bridgehead atoms. The van der Waals surface area contributed by atoms with E-state index in [0.717, 1.165) is 42.0 Å². The lowest BCUT2D eigenvalue weighted by molar-refractivity contribution is 0.336. The Morgan fingerprint density at radius 2 is 2.08 bits per heavy atom. The van der Waals surface area contributed by atoms with Crippen LogP contribution in [0.15, 0.2) is 41.0 Å². The van der Waals surface area contributed by atoms with Crippen molar-refractivity contribution in [2.24, 2.45) is 10.9 Å². The zero-order chi connectivity index (χ0) is 16.5. The summed E-state index contributed by atoms with van der Waals surface area (Å²) in [4.78, 5) is 11.2. The average Bonchev–Trinajstić information content (AvgIpc) is 3.36. The number of nitrogens with zero attached hydrogens (tertiary/aromatic N) is 3. The van der Waals surface area contributed by atoms with Gasteiger partial charge in [-0.2, -0.15) is 0 Å². The van der Waals surface area contributed by atoms with Crippen LogP contribution in [0.3, 0.4) is 0 Å². The Morgan fingerprint density at radius 3 is 2.79 bits per heavy atom. The monoisotopic (exact) mass is 342 g/mol. The molecule has 1 aliphatic carbocycles. The van der Waals surface area contributed by atoms with Crippen LogP contribution in [0.25, 0.3) is 0 Å². The summed E-state index contributed by atoms with van der Waals surface area (Å²) in [6.07, 6.45) is 7.10. The number of pyridine rings is 1. The van der Waals surface area contributed by atoms with Gasteiger partial charge in [-0.1, -0.05) is 6.92 Å². The summed E-state index contributed by atoms with van der Waals surface area (Å²) in [5, 5.41) is 11.1. The van der Waals surface area contributed by atoms with Gasteiger partial charge in [0.05, 0.1) is 0 Å². The van der Waals surface area contributed by atoms with Gasteiger partial charge in [-0.05, 0) is 49.2 Å². The highest BCUT2D eigenvalue weighted by Gasteiger charge is 2.40. The molecule has 24 heavy (non-hydrogen) atoms. The molecule has 1 unspecified atom stereocenters. The molecule has 4 rings (SSSR count). The van der Waals surface area contributed by atoms with Crippen LogP contribution in [0.4, 0.5) is 0 Å². The van der Waals surface area contributed by atoms with Crippen molar-refractivity contribution in [1.29, 1.82) is 0 Å². The third-order valence-corrected chi connectivity index (χ3v) is 4.82. The Bertz CT molecular complexity index is 694.